The van der Waals surface area contributed by atoms with E-state index in [1.54, 1.807) is 13.8 Å². The number of aromatic nitrogens is 3. The van der Waals surface area contributed by atoms with Crippen LogP contribution in [0.25, 0.3) is 0 Å². The lowest BCUT2D eigenvalue weighted by Crippen LogP contribution is -2.33. The van der Waals surface area contributed by atoms with Gasteiger partial charge in [-0.2, -0.15) is 15.0 Å². The molecule has 0 aliphatic heterocycles. The van der Waals surface area contributed by atoms with Crippen LogP contribution in [0.3, 0.4) is 0 Å². The Morgan fingerprint density at radius 3 is 2.55 bits per heavy atom. The third-order valence-corrected chi connectivity index (χ3v) is 2.08. The van der Waals surface area contributed by atoms with Crippen molar-refractivity contribution >= 4 is 11.9 Å². The molecule has 0 aromatic carbocycles. The number of hydrogen-bond donors (Lipinski definition) is 3. The van der Waals surface area contributed by atoms with E-state index in [2.05, 4.69) is 20.4 Å². The third kappa shape index (κ3) is 5.05. The fourth-order valence-corrected chi connectivity index (χ4v) is 1.38. The topological polar surface area (TPSA) is 109 Å². The van der Waals surface area contributed by atoms with Crippen LogP contribution in [-0.4, -0.2) is 52.3 Å². The summed E-state index contributed by atoms with van der Waals surface area (Å²) in [5.74, 6) is 5.16. The van der Waals surface area contributed by atoms with Crippen molar-refractivity contribution in [2.24, 2.45) is 5.84 Å². The van der Waals surface area contributed by atoms with Crippen molar-refractivity contribution < 1.29 is 18.6 Å². The lowest BCUT2D eigenvalue weighted by Gasteiger charge is -2.21. The van der Waals surface area contributed by atoms with Crippen LogP contribution in [0.4, 0.5) is 20.7 Å². The number of hydrogen-bond acceptors (Lipinski definition) is 8. The van der Waals surface area contributed by atoms with E-state index in [-0.39, 0.29) is 37.2 Å². The molecule has 0 unspecified atom stereocenters. The van der Waals surface area contributed by atoms with Crippen molar-refractivity contribution in [3.05, 3.63) is 0 Å². The molecule has 0 saturated heterocycles. The fraction of sp³-hybridized carbons (Fsp3) is 0.700. The van der Waals surface area contributed by atoms with Gasteiger partial charge in [0.2, 0.25) is 11.9 Å². The van der Waals surface area contributed by atoms with E-state index >= 15 is 0 Å². The predicted molar refractivity (Wildman–Crippen MR) is 68.7 cm³/mol. The molecule has 0 aliphatic carbocycles. The first-order valence-corrected chi connectivity index (χ1v) is 5.99. The SMILES string of the molecule is CC(C)Oc1nc(NN)nc(N(CCO)CC(F)F)n1. The summed E-state index contributed by atoms with van der Waals surface area (Å²) in [6.45, 7) is 2.56. The summed E-state index contributed by atoms with van der Waals surface area (Å²) >= 11 is 0. The highest BCUT2D eigenvalue weighted by atomic mass is 19.3. The average molecular weight is 292 g/mol. The monoisotopic (exact) mass is 292 g/mol. The number of aliphatic hydroxyl groups excluding tert-OH is 1. The summed E-state index contributed by atoms with van der Waals surface area (Å²) in [5, 5.41) is 8.92. The number of rotatable bonds is 8. The second-order valence-corrected chi connectivity index (χ2v) is 4.11. The Morgan fingerprint density at radius 2 is 2.05 bits per heavy atom. The van der Waals surface area contributed by atoms with Gasteiger partial charge in [-0.1, -0.05) is 0 Å². The summed E-state index contributed by atoms with van der Waals surface area (Å²) < 4.78 is 30.3. The number of nitrogens with zero attached hydrogens (tertiary/aromatic N) is 4. The van der Waals surface area contributed by atoms with Crippen LogP contribution in [0.5, 0.6) is 6.01 Å². The van der Waals surface area contributed by atoms with Crippen LogP contribution in [0.2, 0.25) is 0 Å². The van der Waals surface area contributed by atoms with Gasteiger partial charge < -0.3 is 14.7 Å². The summed E-state index contributed by atoms with van der Waals surface area (Å²) in [6, 6.07) is -0.0323. The van der Waals surface area contributed by atoms with Crippen molar-refractivity contribution in [3.63, 3.8) is 0 Å². The number of nitrogens with one attached hydrogen (secondary N) is 1. The van der Waals surface area contributed by atoms with E-state index in [0.29, 0.717) is 0 Å². The van der Waals surface area contributed by atoms with Crippen LogP contribution >= 0.6 is 0 Å². The van der Waals surface area contributed by atoms with Crippen LogP contribution in [0.15, 0.2) is 0 Å². The Hall–Kier alpha value is -1.81. The van der Waals surface area contributed by atoms with Crippen molar-refractivity contribution in [2.75, 3.05) is 30.0 Å². The van der Waals surface area contributed by atoms with E-state index in [0.717, 1.165) is 4.90 Å². The maximum atomic E-state index is 12.5. The lowest BCUT2D eigenvalue weighted by molar-refractivity contribution is 0.152. The van der Waals surface area contributed by atoms with Gasteiger partial charge in [-0.15, -0.1) is 0 Å². The fourth-order valence-electron chi connectivity index (χ4n) is 1.38. The van der Waals surface area contributed by atoms with E-state index in [1.807, 2.05) is 0 Å². The Kier molecular flexibility index (Phi) is 6.25. The van der Waals surface area contributed by atoms with Gasteiger partial charge in [0, 0.05) is 6.54 Å². The van der Waals surface area contributed by atoms with Crippen molar-refractivity contribution in [3.8, 4) is 6.01 Å². The summed E-state index contributed by atoms with van der Waals surface area (Å²) in [6.07, 6.45) is -2.79. The van der Waals surface area contributed by atoms with Crippen molar-refractivity contribution in [1.29, 1.82) is 0 Å². The highest BCUT2D eigenvalue weighted by Crippen LogP contribution is 2.16. The molecule has 4 N–H and O–H groups in total. The first-order chi connectivity index (χ1) is 9.46. The van der Waals surface area contributed by atoms with Crippen molar-refractivity contribution in [1.82, 2.24) is 15.0 Å². The normalized spacial score (nSPS) is 11.0. The second-order valence-electron chi connectivity index (χ2n) is 4.11. The van der Waals surface area contributed by atoms with Gasteiger partial charge in [-0.3, -0.25) is 5.43 Å². The molecule has 114 valence electrons. The van der Waals surface area contributed by atoms with Gasteiger partial charge in [0.1, 0.15) is 0 Å². The third-order valence-electron chi connectivity index (χ3n) is 2.08. The number of hydrazine groups is 1. The van der Waals surface area contributed by atoms with Crippen LogP contribution in [0, 0.1) is 0 Å². The molecule has 0 fully saturated rings. The average Bonchev–Trinajstić information content (AvgIpc) is 2.36. The zero-order valence-electron chi connectivity index (χ0n) is 11.3. The van der Waals surface area contributed by atoms with E-state index in [4.69, 9.17) is 15.7 Å². The van der Waals surface area contributed by atoms with Crippen LogP contribution in [-0.2, 0) is 0 Å². The molecule has 1 aromatic rings. The first-order valence-electron chi connectivity index (χ1n) is 5.99. The number of nitrogens with two attached hydrogens (primary N) is 1. The van der Waals surface area contributed by atoms with E-state index < -0.39 is 13.0 Å². The molecule has 1 heterocycles. The zero-order valence-corrected chi connectivity index (χ0v) is 11.3. The summed E-state index contributed by atoms with van der Waals surface area (Å²) in [4.78, 5) is 12.8. The molecular formula is C10H18F2N6O2. The number of alkyl halides is 2. The minimum absolute atomic E-state index is 0.0112. The summed E-state index contributed by atoms with van der Waals surface area (Å²) in [5.41, 5.74) is 2.21. The molecular weight excluding hydrogens is 274 g/mol. The smallest absolute Gasteiger partial charge is 0.323 e. The molecule has 1 aromatic heterocycles. The Bertz CT molecular complexity index is 421. The van der Waals surface area contributed by atoms with Gasteiger partial charge >= 0.3 is 6.01 Å². The van der Waals surface area contributed by atoms with E-state index in [1.165, 1.54) is 0 Å². The zero-order chi connectivity index (χ0) is 15.1. The molecule has 0 aliphatic rings. The highest BCUT2D eigenvalue weighted by Gasteiger charge is 2.18. The summed E-state index contributed by atoms with van der Waals surface area (Å²) in [7, 11) is 0. The molecule has 0 atom stereocenters. The van der Waals surface area contributed by atoms with Crippen LogP contribution in [0.1, 0.15) is 13.8 Å². The second kappa shape index (κ2) is 7.70. The molecule has 0 radical (unpaired) electrons. The molecule has 8 nitrogen and oxygen atoms in total. The molecule has 1 rings (SSSR count). The van der Waals surface area contributed by atoms with Gasteiger partial charge in [0.05, 0.1) is 19.3 Å². The molecule has 10 heteroatoms. The van der Waals surface area contributed by atoms with Gasteiger partial charge in [-0.25, -0.2) is 14.6 Å². The Labute approximate surface area is 115 Å². The largest absolute Gasteiger partial charge is 0.461 e. The minimum atomic E-state index is -2.60. The number of halogens is 2. The number of nitrogen functional groups attached to an aromatic ring is 1. The molecule has 0 bridgehead atoms. The number of ether oxygens (including phenoxy) is 1. The highest BCUT2D eigenvalue weighted by molar-refractivity contribution is 5.37. The Balaban J connectivity index is 3.05. The molecule has 20 heavy (non-hydrogen) atoms. The van der Waals surface area contributed by atoms with E-state index in [9.17, 15) is 8.78 Å². The molecule has 0 amide bonds. The maximum absolute atomic E-state index is 12.5. The quantitative estimate of drug-likeness (QED) is 0.454. The van der Waals surface area contributed by atoms with Crippen LogP contribution < -0.4 is 20.9 Å². The Morgan fingerprint density at radius 1 is 1.35 bits per heavy atom. The predicted octanol–water partition coefficient (Wildman–Crippen LogP) is 0.00820. The number of aliphatic hydroxyl groups is 1. The lowest BCUT2D eigenvalue weighted by atomic mass is 10.5. The van der Waals surface area contributed by atoms with Gasteiger partial charge in [-0.05, 0) is 13.8 Å². The maximum Gasteiger partial charge on any atom is 0.323 e. The molecule has 0 spiro atoms. The molecule has 0 saturated carbocycles. The minimum Gasteiger partial charge on any atom is -0.461 e. The number of anilines is 2. The first kappa shape index (κ1) is 16.2. The standard InChI is InChI=1S/C10H18F2N6O2/c1-6(2)20-10-15-8(17-13)14-9(16-10)18(3-4-19)5-7(11)12/h6-7,19H,3-5,13H2,1-2H3,(H,14,15,16,17). The van der Waals surface area contributed by atoms with Crippen molar-refractivity contribution in [2.45, 2.75) is 26.4 Å². The van der Waals surface area contributed by atoms with Gasteiger partial charge in [0.25, 0.3) is 6.43 Å². The van der Waals surface area contributed by atoms with Gasteiger partial charge in [0.15, 0.2) is 0 Å².